The van der Waals surface area contributed by atoms with Gasteiger partial charge in [-0.3, -0.25) is 9.89 Å². The van der Waals surface area contributed by atoms with Crippen LogP contribution < -0.4 is 5.73 Å². The predicted octanol–water partition coefficient (Wildman–Crippen LogP) is 0.645. The number of likely N-dealkylation sites (tertiary alicyclic amines) is 1. The second kappa shape index (κ2) is 6.68. The van der Waals surface area contributed by atoms with Gasteiger partial charge in [-0.05, 0) is 45.1 Å². The van der Waals surface area contributed by atoms with Gasteiger partial charge in [0.1, 0.15) is 5.69 Å². The van der Waals surface area contributed by atoms with Gasteiger partial charge in [0.05, 0.1) is 11.8 Å². The number of nitrogens with zero attached hydrogens (tertiary/aromatic N) is 4. The second-order valence-electron chi connectivity index (χ2n) is 7.35. The van der Waals surface area contributed by atoms with Crippen LogP contribution in [0.2, 0.25) is 0 Å². The smallest absolute Gasteiger partial charge is 0.273 e. The van der Waals surface area contributed by atoms with E-state index < -0.39 is 6.10 Å². The summed E-state index contributed by atoms with van der Waals surface area (Å²) in [4.78, 5) is 23.3. The van der Waals surface area contributed by atoms with Gasteiger partial charge in [-0.25, -0.2) is 9.97 Å². The summed E-state index contributed by atoms with van der Waals surface area (Å²) < 4.78 is 0. The van der Waals surface area contributed by atoms with Crippen molar-refractivity contribution in [3.63, 3.8) is 0 Å². The minimum Gasteiger partial charge on any atom is -0.391 e. The van der Waals surface area contributed by atoms with Crippen molar-refractivity contribution in [3.05, 3.63) is 34.4 Å². The van der Waals surface area contributed by atoms with E-state index in [1.54, 1.807) is 4.90 Å². The van der Waals surface area contributed by atoms with E-state index in [1.165, 1.54) is 0 Å². The summed E-state index contributed by atoms with van der Waals surface area (Å²) in [5.74, 6) is -0.0361. The van der Waals surface area contributed by atoms with Crippen LogP contribution in [-0.4, -0.2) is 55.3 Å². The lowest BCUT2D eigenvalue weighted by atomic mass is 9.94. The molecule has 3 heterocycles. The number of amides is 1. The summed E-state index contributed by atoms with van der Waals surface area (Å²) in [6, 6.07) is 1.97. The van der Waals surface area contributed by atoms with Crippen molar-refractivity contribution in [2.45, 2.75) is 45.1 Å². The highest BCUT2D eigenvalue weighted by atomic mass is 16.3. The van der Waals surface area contributed by atoms with Crippen LogP contribution in [0.3, 0.4) is 0 Å². The molecule has 8 heteroatoms. The molecule has 2 atom stereocenters. The Balaban J connectivity index is 1.53. The number of aliphatic hydroxyl groups is 1. The van der Waals surface area contributed by atoms with Crippen molar-refractivity contribution in [2.75, 3.05) is 18.8 Å². The average molecular weight is 356 g/mol. The highest BCUT2D eigenvalue weighted by molar-refractivity contribution is 5.94. The number of fused-ring (bicyclic) bond motifs is 1. The molecule has 1 saturated heterocycles. The van der Waals surface area contributed by atoms with E-state index in [4.69, 9.17) is 5.73 Å². The van der Waals surface area contributed by atoms with E-state index in [0.29, 0.717) is 25.2 Å². The van der Waals surface area contributed by atoms with Crippen LogP contribution in [0.25, 0.3) is 0 Å². The van der Waals surface area contributed by atoms with Crippen LogP contribution in [0.4, 0.5) is 5.95 Å². The summed E-state index contributed by atoms with van der Waals surface area (Å²) in [5.41, 5.74) is 9.96. The van der Waals surface area contributed by atoms with Gasteiger partial charge in [-0.15, -0.1) is 0 Å². The summed E-state index contributed by atoms with van der Waals surface area (Å²) in [5, 5.41) is 17.6. The molecule has 4 N–H and O–H groups in total. The molecular weight excluding hydrogens is 332 g/mol. The number of aliphatic hydroxyl groups excluding tert-OH is 1. The number of hydrogen-bond acceptors (Lipinski definition) is 6. The molecule has 0 saturated carbocycles. The molecule has 0 bridgehead atoms. The third-order valence-corrected chi connectivity index (χ3v) is 5.33. The van der Waals surface area contributed by atoms with Crippen LogP contribution in [0.5, 0.6) is 0 Å². The second-order valence-corrected chi connectivity index (χ2v) is 7.35. The highest BCUT2D eigenvalue weighted by Gasteiger charge is 2.36. The first-order valence-electron chi connectivity index (χ1n) is 9.14. The quantitative estimate of drug-likeness (QED) is 0.742. The number of nitrogens with one attached hydrogen (secondary N) is 1. The maximum absolute atomic E-state index is 13.1. The minimum atomic E-state index is -0.564. The van der Waals surface area contributed by atoms with Crippen molar-refractivity contribution >= 4 is 11.9 Å². The molecule has 0 unspecified atom stereocenters. The third-order valence-electron chi connectivity index (χ3n) is 5.33. The van der Waals surface area contributed by atoms with Crippen molar-refractivity contribution in [3.8, 4) is 0 Å². The zero-order chi connectivity index (χ0) is 18.3. The average Bonchev–Trinajstić information content (AvgIpc) is 3.19. The molecule has 1 amide bonds. The predicted molar refractivity (Wildman–Crippen MR) is 95.5 cm³/mol. The zero-order valence-corrected chi connectivity index (χ0v) is 14.9. The zero-order valence-electron chi connectivity index (χ0n) is 14.9. The SMILES string of the molecule is Cc1cc(C[C@@H]2CN(C(=O)c3nc(N)nc4c3CCCC4)C[C@H]2O)n[nH]1. The topological polar surface area (TPSA) is 121 Å². The van der Waals surface area contributed by atoms with Gasteiger partial charge in [0.25, 0.3) is 5.91 Å². The molecule has 4 rings (SSSR count). The summed E-state index contributed by atoms with van der Waals surface area (Å²) in [6.07, 6.45) is 3.81. The Hall–Kier alpha value is -2.48. The largest absolute Gasteiger partial charge is 0.391 e. The highest BCUT2D eigenvalue weighted by Crippen LogP contribution is 2.27. The Morgan fingerprint density at radius 2 is 2.15 bits per heavy atom. The normalized spacial score (nSPS) is 22.5. The van der Waals surface area contributed by atoms with Gasteiger partial charge < -0.3 is 15.7 Å². The van der Waals surface area contributed by atoms with Crippen molar-refractivity contribution in [1.82, 2.24) is 25.1 Å². The summed E-state index contributed by atoms with van der Waals surface area (Å²) in [7, 11) is 0. The Bertz CT molecular complexity index is 833. The number of hydrogen-bond donors (Lipinski definition) is 3. The first-order chi connectivity index (χ1) is 12.5. The van der Waals surface area contributed by atoms with Crippen LogP contribution >= 0.6 is 0 Å². The van der Waals surface area contributed by atoms with Gasteiger partial charge in [-0.1, -0.05) is 0 Å². The van der Waals surface area contributed by atoms with Gasteiger partial charge in [-0.2, -0.15) is 5.10 Å². The van der Waals surface area contributed by atoms with Gasteiger partial charge >= 0.3 is 0 Å². The van der Waals surface area contributed by atoms with Crippen LogP contribution in [-0.2, 0) is 19.3 Å². The summed E-state index contributed by atoms with van der Waals surface area (Å²) >= 11 is 0. The third kappa shape index (κ3) is 3.16. The standard InChI is InChI=1S/C18H24N6O2/c1-10-6-12(23-22-10)7-11-8-24(9-15(11)25)17(26)16-13-4-2-3-5-14(13)20-18(19)21-16/h6,11,15,25H,2-5,7-9H2,1H3,(H,22,23)(H2,19,20,21)/t11-,15-/m1/s1. The van der Waals surface area contributed by atoms with E-state index in [9.17, 15) is 9.90 Å². The molecule has 2 aromatic rings. The number of rotatable bonds is 3. The molecule has 2 aromatic heterocycles. The van der Waals surface area contributed by atoms with E-state index in [1.807, 2.05) is 13.0 Å². The fourth-order valence-corrected chi connectivity index (χ4v) is 4.01. The maximum atomic E-state index is 13.1. The van der Waals surface area contributed by atoms with E-state index in [2.05, 4.69) is 20.2 Å². The number of nitrogens with two attached hydrogens (primary N) is 1. The molecule has 138 valence electrons. The number of carbonyl (C=O) groups is 1. The van der Waals surface area contributed by atoms with E-state index in [-0.39, 0.29) is 17.8 Å². The maximum Gasteiger partial charge on any atom is 0.273 e. The number of anilines is 1. The molecule has 26 heavy (non-hydrogen) atoms. The molecule has 8 nitrogen and oxygen atoms in total. The molecule has 0 spiro atoms. The minimum absolute atomic E-state index is 0.0309. The number of aromatic nitrogens is 4. The lowest BCUT2D eigenvalue weighted by Gasteiger charge is -2.21. The Morgan fingerprint density at radius 1 is 1.35 bits per heavy atom. The van der Waals surface area contributed by atoms with Crippen LogP contribution in [0, 0.1) is 12.8 Å². The number of carbonyl (C=O) groups excluding carboxylic acids is 1. The first kappa shape index (κ1) is 17.0. The lowest BCUT2D eigenvalue weighted by Crippen LogP contribution is -2.32. The molecule has 0 radical (unpaired) electrons. The Labute approximate surface area is 151 Å². The van der Waals surface area contributed by atoms with Crippen molar-refractivity contribution in [2.24, 2.45) is 5.92 Å². The molecule has 1 fully saturated rings. The van der Waals surface area contributed by atoms with Gasteiger partial charge in [0, 0.05) is 36.0 Å². The van der Waals surface area contributed by atoms with Crippen LogP contribution in [0.15, 0.2) is 6.07 Å². The number of aromatic amines is 1. The number of β-amino-alcohol motifs (C(OH)–C–C–N with tert-alkyl or cyclic N) is 1. The van der Waals surface area contributed by atoms with Crippen molar-refractivity contribution < 1.29 is 9.90 Å². The fourth-order valence-electron chi connectivity index (χ4n) is 4.01. The molecular formula is C18H24N6O2. The molecule has 0 aromatic carbocycles. The molecule has 1 aliphatic carbocycles. The molecule has 2 aliphatic rings. The Morgan fingerprint density at radius 3 is 2.92 bits per heavy atom. The number of aryl methyl sites for hydroxylation is 2. The monoisotopic (exact) mass is 356 g/mol. The summed E-state index contributed by atoms with van der Waals surface area (Å²) in [6.45, 7) is 2.75. The molecule has 1 aliphatic heterocycles. The lowest BCUT2D eigenvalue weighted by molar-refractivity contribution is 0.0757. The van der Waals surface area contributed by atoms with Crippen molar-refractivity contribution in [1.29, 1.82) is 0 Å². The number of H-pyrrole nitrogens is 1. The van der Waals surface area contributed by atoms with E-state index >= 15 is 0 Å². The van der Waals surface area contributed by atoms with E-state index in [0.717, 1.165) is 48.3 Å². The first-order valence-corrected chi connectivity index (χ1v) is 9.14. The van der Waals surface area contributed by atoms with Crippen LogP contribution in [0.1, 0.15) is 46.0 Å². The van der Waals surface area contributed by atoms with Gasteiger partial charge in [0.2, 0.25) is 5.95 Å². The van der Waals surface area contributed by atoms with Gasteiger partial charge in [0.15, 0.2) is 0 Å². The Kier molecular flexibility index (Phi) is 4.36. The number of nitrogen functional groups attached to an aromatic ring is 1. The fraction of sp³-hybridized carbons (Fsp3) is 0.556.